The smallest absolute Gasteiger partial charge is 0.373 e. The summed E-state index contributed by atoms with van der Waals surface area (Å²) in [4.78, 5) is 104. The fourth-order valence-corrected chi connectivity index (χ4v) is 13.5. The number of hydrogen-bond donors (Lipinski definition) is 16. The van der Waals surface area contributed by atoms with E-state index in [0.717, 1.165) is 6.07 Å². The van der Waals surface area contributed by atoms with E-state index in [9.17, 15) is 70.5 Å². The summed E-state index contributed by atoms with van der Waals surface area (Å²) < 4.78 is 38.7. The van der Waals surface area contributed by atoms with Gasteiger partial charge in [-0.25, -0.2) is 0 Å². The normalized spacial score (nSPS) is 28.7. The first kappa shape index (κ1) is 76.5. The molecule has 542 valence electrons. The molecule has 7 heterocycles. The van der Waals surface area contributed by atoms with Gasteiger partial charge in [0, 0.05) is 73.0 Å². The summed E-state index contributed by atoms with van der Waals surface area (Å²) in [5.41, 5.74) is 10.1. The van der Waals surface area contributed by atoms with E-state index in [1.807, 2.05) is 13.8 Å². The maximum Gasteiger partial charge on any atom is 0.373 e. The van der Waals surface area contributed by atoms with E-state index >= 15 is 9.59 Å². The Morgan fingerprint density at radius 2 is 1.42 bits per heavy atom. The fraction of sp³-hybridized carbons (Fsp3) is 0.449. The maximum atomic E-state index is 15.5. The third-order valence-electron chi connectivity index (χ3n) is 18.4. The van der Waals surface area contributed by atoms with Crippen molar-refractivity contribution in [2.45, 2.75) is 164 Å². The van der Waals surface area contributed by atoms with Crippen LogP contribution in [0.25, 0.3) is 11.1 Å². The number of carbonyl (C=O) groups is 6. The van der Waals surface area contributed by atoms with Gasteiger partial charge >= 0.3 is 6.15 Å². The molecule has 0 spiro atoms. The number of phenols is 3. The Hall–Kier alpha value is -8.69. The van der Waals surface area contributed by atoms with E-state index in [4.69, 9.17) is 72.7 Å². The number of ketones is 2. The highest BCUT2D eigenvalue weighted by atomic mass is 35.5. The van der Waals surface area contributed by atoms with Crippen LogP contribution in [0.2, 0.25) is 10.0 Å². The molecule has 17 atom stereocenters. The van der Waals surface area contributed by atoms with Crippen molar-refractivity contribution in [3.63, 3.8) is 0 Å². The number of halogens is 2. The molecule has 4 unspecified atom stereocenters. The Labute approximate surface area is 587 Å². The Morgan fingerprint density at radius 1 is 0.792 bits per heavy atom. The van der Waals surface area contributed by atoms with Crippen LogP contribution in [-0.2, 0) is 59.1 Å². The van der Waals surface area contributed by atoms with Gasteiger partial charge in [0.05, 0.1) is 58.9 Å². The monoisotopic (exact) mass is 1440 g/mol. The number of carbonyl (C=O) groups excluding carboxylic acids is 8. The lowest BCUT2D eigenvalue weighted by atomic mass is 9.79. The number of phenolic OH excluding ortho intramolecular Hbond substituents is 3. The number of Topliss-reactive ketones (excluding diaryl/α,β-unsaturated/α-hetero) is 2. The van der Waals surface area contributed by atoms with Gasteiger partial charge in [0.1, 0.15) is 65.0 Å². The topological polar surface area (TPSA) is 498 Å². The third kappa shape index (κ3) is 17.1. The second kappa shape index (κ2) is 32.1. The summed E-state index contributed by atoms with van der Waals surface area (Å²) >= 11 is 14.2. The molecular formula is C69H79Cl2N7O23. The zero-order valence-corrected chi connectivity index (χ0v) is 56.6. The van der Waals surface area contributed by atoms with Gasteiger partial charge in [-0.3, -0.25) is 28.8 Å². The van der Waals surface area contributed by atoms with E-state index in [1.165, 1.54) is 86.8 Å². The number of aliphatic hydroxyl groups is 6. The third-order valence-corrected chi connectivity index (χ3v) is 19.0. The summed E-state index contributed by atoms with van der Waals surface area (Å²) in [6, 6.07) is 11.6. The van der Waals surface area contributed by atoms with E-state index < -0.39 is 217 Å². The molecule has 32 heteroatoms. The van der Waals surface area contributed by atoms with Gasteiger partial charge < -0.3 is 113 Å². The molecule has 0 aliphatic carbocycles. The Balaban J connectivity index is 0.00000389. The van der Waals surface area contributed by atoms with E-state index in [2.05, 4.69) is 21.3 Å². The molecule has 4 amide bonds. The molecule has 0 radical (unpaired) electrons. The van der Waals surface area contributed by atoms with Gasteiger partial charge in [-0.2, -0.15) is 9.59 Å². The second-order valence-corrected chi connectivity index (χ2v) is 27.1. The zero-order valence-electron chi connectivity index (χ0n) is 55.1. The molecule has 5 aromatic rings. The number of aromatic hydroxyl groups is 3. The van der Waals surface area contributed by atoms with Crippen molar-refractivity contribution in [2.75, 3.05) is 13.7 Å². The van der Waals surface area contributed by atoms with Gasteiger partial charge in [-0.1, -0.05) is 55.2 Å². The summed E-state index contributed by atoms with van der Waals surface area (Å²) in [6.07, 6.45) is -19.3. The summed E-state index contributed by atoms with van der Waals surface area (Å²) in [7, 11) is 1.52. The van der Waals surface area contributed by atoms with Crippen molar-refractivity contribution in [1.29, 1.82) is 5.41 Å². The molecular weight excluding hydrogens is 1370 g/mol. The number of benzene rings is 5. The van der Waals surface area contributed by atoms with Crippen molar-refractivity contribution in [2.24, 2.45) is 29.2 Å². The van der Waals surface area contributed by atoms with Crippen LogP contribution < -0.4 is 46.9 Å². The predicted molar refractivity (Wildman–Crippen MR) is 354 cm³/mol. The molecule has 7 aliphatic rings. The van der Waals surface area contributed by atoms with Crippen molar-refractivity contribution in [3.8, 4) is 57.1 Å². The Bertz CT molecular complexity index is 4020. The average molecular weight is 1450 g/mol. The van der Waals surface area contributed by atoms with Gasteiger partial charge in [0.15, 0.2) is 29.7 Å². The number of likely N-dealkylation sites (N-methyl/N-ethyl adjacent to an activating group) is 1. The van der Waals surface area contributed by atoms with Gasteiger partial charge in [-0.15, -0.1) is 0 Å². The van der Waals surface area contributed by atoms with Gasteiger partial charge in [0.2, 0.25) is 35.7 Å². The van der Waals surface area contributed by atoms with Crippen LogP contribution in [0.1, 0.15) is 118 Å². The second-order valence-electron chi connectivity index (χ2n) is 26.2. The molecule has 7 aliphatic heterocycles. The van der Waals surface area contributed by atoms with Crippen molar-refractivity contribution in [1.82, 2.24) is 21.3 Å². The molecule has 0 aromatic heterocycles. The first-order valence-corrected chi connectivity index (χ1v) is 32.9. The van der Waals surface area contributed by atoms with E-state index in [0.29, 0.717) is 0 Å². The standard InChI is InChI=1S/C68H79Cl2N7O21.CO2/c1-27(2)12-42(74-5)66(92)77-56-46(83)17-33(20-52(72)84)64(90)76-55-32-18-49(61(50(19-32)95-48-11-8-31(58(56)86)16-40(48)70)98-67-62(60(88)59(87)51(26-78)96-67)97-53-24-68(4,73)63(89)28(3)93-53)94-47-10-7-30(15-39(47)69)57(85)38-23-44(81)36(22-41(55)71)29-6-9-43(80)37(14-29)54-34(25-75-65(38)91)13-35(79)21-45(54)82;2-1-3/h6-11,13-16,18-19,21,27-28,33,36,38,42,51,53,55-60,62-63,67,71,74,78-80,82,85-89H,12,17,20,22-26,73H2,1-5H3,(H2,72,84)(H,75,91)(H,76,90)(H,77,92);/t28-,33-,36-,38-,42+,51?,53-,55+,56-,57+,58+,59?,60-,62+,63+,67?,68?;/m0./s1. The van der Waals surface area contributed by atoms with Crippen LogP contribution in [0.5, 0.6) is 46.0 Å². The number of nitrogens with two attached hydrogens (primary N) is 2. The molecule has 11 bridgehead atoms. The Kier molecular flexibility index (Phi) is 24.3. The van der Waals surface area contributed by atoms with Crippen LogP contribution >= 0.6 is 23.2 Å². The molecule has 5 aromatic carbocycles. The number of aliphatic hydroxyl groups excluding tert-OH is 6. The largest absolute Gasteiger partial charge is 0.508 e. The lowest BCUT2D eigenvalue weighted by molar-refractivity contribution is -0.333. The van der Waals surface area contributed by atoms with E-state index in [-0.39, 0.29) is 85.4 Å². The highest BCUT2D eigenvalue weighted by molar-refractivity contribution is 6.32. The molecule has 2 saturated heterocycles. The number of hydrogen-bond acceptors (Lipinski definition) is 26. The quantitative estimate of drug-likeness (QED) is 0.0851. The minimum Gasteiger partial charge on any atom is -0.508 e. The summed E-state index contributed by atoms with van der Waals surface area (Å²) in [5.74, 6) is -14.0. The molecule has 30 nitrogen and oxygen atoms in total. The average Bonchev–Trinajstić information content (AvgIpc) is 0.767. The number of ether oxygens (including phenoxy) is 6. The van der Waals surface area contributed by atoms with Crippen molar-refractivity contribution in [3.05, 3.63) is 117 Å². The lowest BCUT2D eigenvalue weighted by Gasteiger charge is -2.47. The number of fused-ring (bicyclic) bond motifs is 15. The number of amides is 4. The lowest BCUT2D eigenvalue weighted by Crippen LogP contribution is -2.64. The first-order chi connectivity index (χ1) is 47.7. The van der Waals surface area contributed by atoms with Crippen molar-refractivity contribution < 1.29 is 113 Å². The predicted octanol–water partition coefficient (Wildman–Crippen LogP) is 3.41. The highest BCUT2D eigenvalue weighted by Gasteiger charge is 2.51. The minimum absolute atomic E-state index is 0.0284. The van der Waals surface area contributed by atoms with Crippen LogP contribution in [0.3, 0.4) is 0 Å². The SMILES string of the molecule is CN[C@H](CC(C)C)C(=O)N[C@H]1C(=O)C[C@@H](CC(N)=O)C(=O)N[C@H]2C(=N)C[C@@H]3C(=O)C[C@H](C(=O)NCc4cc(O)cc(O)c4-c4cc3ccc4O)[C@H](O)c3ccc(c(Cl)c3)Oc3cc2cc(c3OC2OC(CO)C(O)[C@H](O)[C@H]2O[C@H]2CC(C)(N)[C@H](O)[C@H](C)O2)Oc2ccc(cc2Cl)[C@H]1O.O=C=O. The summed E-state index contributed by atoms with van der Waals surface area (Å²) in [5, 5.41) is 124. The molecule has 2 fully saturated rings. The Morgan fingerprint density at radius 3 is 2.00 bits per heavy atom. The van der Waals surface area contributed by atoms with Gasteiger partial charge in [-0.05, 0) is 116 Å². The van der Waals surface area contributed by atoms with Gasteiger partial charge in [0.25, 0.3) is 0 Å². The summed E-state index contributed by atoms with van der Waals surface area (Å²) in [6.45, 7) is 5.45. The first-order valence-electron chi connectivity index (χ1n) is 32.2. The van der Waals surface area contributed by atoms with Crippen LogP contribution in [0.4, 0.5) is 0 Å². The number of nitrogens with one attached hydrogen (secondary N) is 5. The van der Waals surface area contributed by atoms with Crippen LogP contribution in [-0.4, -0.2) is 173 Å². The number of rotatable bonds is 12. The minimum atomic E-state index is -1.96. The molecule has 18 N–H and O–H groups in total. The van der Waals surface area contributed by atoms with Crippen LogP contribution in [0, 0.1) is 23.2 Å². The molecule has 0 saturated carbocycles. The molecule has 101 heavy (non-hydrogen) atoms. The number of primary amides is 1. The fourth-order valence-electron chi connectivity index (χ4n) is 13.1. The van der Waals surface area contributed by atoms with E-state index in [1.54, 1.807) is 6.92 Å². The highest BCUT2D eigenvalue weighted by Crippen LogP contribution is 2.50. The van der Waals surface area contributed by atoms with Crippen LogP contribution in [0.15, 0.2) is 78.9 Å². The molecule has 12 rings (SSSR count). The van der Waals surface area contributed by atoms with Crippen molar-refractivity contribution >= 4 is 70.3 Å². The maximum absolute atomic E-state index is 15.5. The zero-order chi connectivity index (χ0) is 73.8.